The monoisotopic (exact) mass is 248 g/mol. The van der Waals surface area contributed by atoms with E-state index in [9.17, 15) is 4.79 Å². The van der Waals surface area contributed by atoms with Crippen LogP contribution in [0.1, 0.15) is 54.5 Å². The minimum Gasteiger partial charge on any atom is -0.466 e. The smallest absolute Gasteiger partial charge is 0.274 e. The lowest BCUT2D eigenvalue weighted by molar-refractivity contribution is 0.0953. The number of nitrogens with zero attached hydrogens (tertiary/aromatic N) is 1. The van der Waals surface area contributed by atoms with Crippen molar-refractivity contribution in [3.05, 3.63) is 23.2 Å². The fourth-order valence-electron chi connectivity index (χ4n) is 2.41. The summed E-state index contributed by atoms with van der Waals surface area (Å²) < 4.78 is 5.34. The zero-order chi connectivity index (χ0) is 13.1. The lowest BCUT2D eigenvalue weighted by Crippen LogP contribution is -2.22. The number of carbonyl (C=O) groups excluding carboxylic acids is 1. The molecule has 4 nitrogen and oxygen atoms in total. The minimum atomic E-state index is -0.185. The van der Waals surface area contributed by atoms with Crippen molar-refractivity contribution < 1.29 is 9.21 Å². The Morgan fingerprint density at radius 3 is 2.89 bits per heavy atom. The molecule has 0 bridgehead atoms. The third-order valence-electron chi connectivity index (χ3n) is 3.35. The number of aryl methyl sites for hydroxylation is 2. The third kappa shape index (κ3) is 3.00. The lowest BCUT2D eigenvalue weighted by Gasteiger charge is -2.18. The van der Waals surface area contributed by atoms with Crippen molar-refractivity contribution in [3.63, 3.8) is 0 Å². The van der Waals surface area contributed by atoms with Gasteiger partial charge < -0.3 is 4.42 Å². The van der Waals surface area contributed by atoms with Crippen molar-refractivity contribution in [1.82, 2.24) is 5.43 Å². The van der Waals surface area contributed by atoms with Gasteiger partial charge in [-0.25, -0.2) is 5.43 Å². The van der Waals surface area contributed by atoms with E-state index < -0.39 is 0 Å². The predicted molar refractivity (Wildman–Crippen MR) is 70.7 cm³/mol. The molecule has 0 aliphatic heterocycles. The summed E-state index contributed by atoms with van der Waals surface area (Å²) in [7, 11) is 0. The van der Waals surface area contributed by atoms with E-state index in [2.05, 4.69) is 17.5 Å². The van der Waals surface area contributed by atoms with E-state index in [1.54, 1.807) is 13.0 Å². The van der Waals surface area contributed by atoms with Crippen molar-refractivity contribution in [3.8, 4) is 0 Å². The highest BCUT2D eigenvalue weighted by Crippen LogP contribution is 2.21. The molecule has 0 saturated heterocycles. The Bertz CT molecular complexity index is 474. The van der Waals surface area contributed by atoms with Gasteiger partial charge in [-0.2, -0.15) is 5.10 Å². The maximum Gasteiger partial charge on any atom is 0.274 e. The van der Waals surface area contributed by atoms with E-state index >= 15 is 0 Å². The van der Waals surface area contributed by atoms with Crippen LogP contribution in [0, 0.1) is 19.8 Å². The Kier molecular flexibility index (Phi) is 3.84. The van der Waals surface area contributed by atoms with Crippen molar-refractivity contribution in [1.29, 1.82) is 0 Å². The van der Waals surface area contributed by atoms with E-state index in [4.69, 9.17) is 4.42 Å². The fraction of sp³-hybridized carbons (Fsp3) is 0.571. The summed E-state index contributed by atoms with van der Waals surface area (Å²) in [5.41, 5.74) is 4.30. The molecule has 2 rings (SSSR count). The molecule has 0 radical (unpaired) electrons. The van der Waals surface area contributed by atoms with Crippen LogP contribution in [0.15, 0.2) is 15.6 Å². The molecule has 1 aliphatic rings. The normalized spacial score (nSPS) is 22.2. The first-order chi connectivity index (χ1) is 8.56. The van der Waals surface area contributed by atoms with Gasteiger partial charge in [-0.1, -0.05) is 6.92 Å². The quantitative estimate of drug-likeness (QED) is 0.817. The summed E-state index contributed by atoms with van der Waals surface area (Å²) in [6.07, 6.45) is 4.41. The first kappa shape index (κ1) is 12.9. The van der Waals surface area contributed by atoms with E-state index in [0.29, 0.717) is 17.2 Å². The standard InChI is InChI=1S/C14H20N2O2/c1-9-5-4-6-12(7-9)15-16-14(17)13-8-10(2)18-11(13)3/h8-9H,4-7H2,1-3H3,(H,16,17)/b15-12-. The molecule has 1 aliphatic carbocycles. The fourth-order valence-corrected chi connectivity index (χ4v) is 2.41. The second-order valence-corrected chi connectivity index (χ2v) is 5.15. The summed E-state index contributed by atoms with van der Waals surface area (Å²) in [6, 6.07) is 1.74. The van der Waals surface area contributed by atoms with Gasteiger partial charge in [-0.05, 0) is 51.5 Å². The van der Waals surface area contributed by atoms with Gasteiger partial charge in [0, 0.05) is 5.71 Å². The molecule has 98 valence electrons. The summed E-state index contributed by atoms with van der Waals surface area (Å²) in [5, 5.41) is 4.24. The molecule has 1 aromatic rings. The maximum atomic E-state index is 11.9. The van der Waals surface area contributed by atoms with Crippen LogP contribution in [0.25, 0.3) is 0 Å². The molecule has 0 spiro atoms. The minimum absolute atomic E-state index is 0.185. The van der Waals surface area contributed by atoms with Crippen molar-refractivity contribution in [2.75, 3.05) is 0 Å². The second-order valence-electron chi connectivity index (χ2n) is 5.15. The lowest BCUT2D eigenvalue weighted by atomic mass is 9.89. The van der Waals surface area contributed by atoms with Crippen LogP contribution >= 0.6 is 0 Å². The molecule has 18 heavy (non-hydrogen) atoms. The number of carbonyl (C=O) groups is 1. The number of rotatable bonds is 2. The van der Waals surface area contributed by atoms with Gasteiger partial charge in [0.25, 0.3) is 5.91 Å². The molecule has 1 amide bonds. The molecule has 1 N–H and O–H groups in total. The highest BCUT2D eigenvalue weighted by molar-refractivity contribution is 5.96. The predicted octanol–water partition coefficient (Wildman–Crippen LogP) is 3.19. The summed E-state index contributed by atoms with van der Waals surface area (Å²) in [4.78, 5) is 11.9. The molecule has 1 atom stereocenters. The zero-order valence-corrected chi connectivity index (χ0v) is 11.2. The van der Waals surface area contributed by atoms with E-state index in [0.717, 1.165) is 24.3 Å². The molecule has 1 fully saturated rings. The van der Waals surface area contributed by atoms with E-state index in [1.165, 1.54) is 12.8 Å². The van der Waals surface area contributed by atoms with E-state index in [-0.39, 0.29) is 5.91 Å². The van der Waals surface area contributed by atoms with Crippen LogP contribution in [0.2, 0.25) is 0 Å². The van der Waals surface area contributed by atoms with Crippen LogP contribution in [-0.2, 0) is 0 Å². The molecule has 1 heterocycles. The van der Waals surface area contributed by atoms with Crippen LogP contribution in [0.3, 0.4) is 0 Å². The first-order valence-electron chi connectivity index (χ1n) is 6.49. The largest absolute Gasteiger partial charge is 0.466 e. The number of furan rings is 1. The Morgan fingerprint density at radius 2 is 2.28 bits per heavy atom. The van der Waals surface area contributed by atoms with Gasteiger partial charge in [-0.15, -0.1) is 0 Å². The van der Waals surface area contributed by atoms with Crippen LogP contribution < -0.4 is 5.43 Å². The molecule has 0 aromatic carbocycles. The molecular formula is C14H20N2O2. The van der Waals surface area contributed by atoms with Gasteiger partial charge in [0.05, 0.1) is 5.56 Å². The van der Waals surface area contributed by atoms with Crippen LogP contribution in [0.5, 0.6) is 0 Å². The Morgan fingerprint density at radius 1 is 1.50 bits per heavy atom. The highest BCUT2D eigenvalue weighted by Gasteiger charge is 2.16. The first-order valence-corrected chi connectivity index (χ1v) is 6.49. The number of nitrogens with one attached hydrogen (secondary N) is 1. The van der Waals surface area contributed by atoms with Crippen molar-refractivity contribution in [2.24, 2.45) is 11.0 Å². The number of amides is 1. The van der Waals surface area contributed by atoms with Gasteiger partial charge in [0.1, 0.15) is 11.5 Å². The van der Waals surface area contributed by atoms with Gasteiger partial charge in [0.15, 0.2) is 0 Å². The molecule has 1 aromatic heterocycles. The molecule has 1 saturated carbocycles. The third-order valence-corrected chi connectivity index (χ3v) is 3.35. The average Bonchev–Trinajstić information content (AvgIpc) is 2.66. The number of hydrazone groups is 1. The molecule has 1 unspecified atom stereocenters. The van der Waals surface area contributed by atoms with Gasteiger partial charge in [0.2, 0.25) is 0 Å². The SMILES string of the molecule is Cc1cc(C(=O)N/N=C2/CCCC(C)C2)c(C)o1. The van der Waals surface area contributed by atoms with Crippen LogP contribution in [-0.4, -0.2) is 11.6 Å². The number of hydrogen-bond acceptors (Lipinski definition) is 3. The Labute approximate surface area is 107 Å². The maximum absolute atomic E-state index is 11.9. The van der Waals surface area contributed by atoms with Crippen molar-refractivity contribution >= 4 is 11.6 Å². The highest BCUT2D eigenvalue weighted by atomic mass is 16.3. The zero-order valence-electron chi connectivity index (χ0n) is 11.2. The Balaban J connectivity index is 1.99. The Hall–Kier alpha value is -1.58. The summed E-state index contributed by atoms with van der Waals surface area (Å²) >= 11 is 0. The summed E-state index contributed by atoms with van der Waals surface area (Å²) in [6.45, 7) is 5.84. The molecular weight excluding hydrogens is 228 g/mol. The molecule has 4 heteroatoms. The van der Waals surface area contributed by atoms with E-state index in [1.807, 2.05) is 6.92 Å². The van der Waals surface area contributed by atoms with Crippen LogP contribution in [0.4, 0.5) is 0 Å². The van der Waals surface area contributed by atoms with Crippen molar-refractivity contribution in [2.45, 2.75) is 46.5 Å². The second kappa shape index (κ2) is 5.38. The summed E-state index contributed by atoms with van der Waals surface area (Å²) in [5.74, 6) is 1.88. The van der Waals surface area contributed by atoms with Gasteiger partial charge in [-0.3, -0.25) is 4.79 Å². The van der Waals surface area contributed by atoms with Gasteiger partial charge >= 0.3 is 0 Å². The average molecular weight is 248 g/mol. The number of hydrogen-bond donors (Lipinski definition) is 1. The topological polar surface area (TPSA) is 54.6 Å².